The van der Waals surface area contributed by atoms with Crippen LogP contribution >= 0.6 is 24.0 Å². The average Bonchev–Trinajstić information content (AvgIpc) is 3.15. The zero-order chi connectivity index (χ0) is 18.0. The molecule has 2 aromatic carbocycles. The molecule has 0 fully saturated rings. The van der Waals surface area contributed by atoms with Crippen LogP contribution in [-0.4, -0.2) is 39.5 Å². The van der Waals surface area contributed by atoms with E-state index in [0.29, 0.717) is 26.6 Å². The van der Waals surface area contributed by atoms with Gasteiger partial charge in [-0.25, -0.2) is 0 Å². The Kier molecular flexibility index (Phi) is 9.20. The van der Waals surface area contributed by atoms with Crippen LogP contribution < -0.4 is 20.1 Å². The van der Waals surface area contributed by atoms with Gasteiger partial charge >= 0.3 is 0 Å². The van der Waals surface area contributed by atoms with Gasteiger partial charge in [-0.15, -0.1) is 24.0 Å². The van der Waals surface area contributed by atoms with Gasteiger partial charge in [0.15, 0.2) is 17.5 Å². The van der Waals surface area contributed by atoms with Crippen LogP contribution in [0.25, 0.3) is 0 Å². The van der Waals surface area contributed by atoms with Crippen LogP contribution in [0.15, 0.2) is 53.5 Å². The van der Waals surface area contributed by atoms with Crippen LogP contribution in [0.5, 0.6) is 11.5 Å². The van der Waals surface area contributed by atoms with Crippen molar-refractivity contribution in [2.75, 3.05) is 33.5 Å². The zero-order valence-electron chi connectivity index (χ0n) is 15.4. The summed E-state index contributed by atoms with van der Waals surface area (Å²) in [5, 5.41) is 6.56. The molecule has 0 aromatic heterocycles. The zero-order valence-corrected chi connectivity index (χ0v) is 17.8. The molecule has 0 atom stereocenters. The van der Waals surface area contributed by atoms with E-state index in [2.05, 4.69) is 33.8 Å². The van der Waals surface area contributed by atoms with Crippen molar-refractivity contribution in [1.82, 2.24) is 10.6 Å². The highest BCUT2D eigenvalue weighted by Crippen LogP contribution is 2.32. The SMILES string of the molecule is CN=C(NCCOCc1ccccc1)NCCc1ccc2c(c1)OCO2.I. The molecular formula is C20H26IN3O3. The number of aliphatic imine (C=N–C) groups is 1. The predicted molar refractivity (Wildman–Crippen MR) is 117 cm³/mol. The fraction of sp³-hybridized carbons (Fsp3) is 0.350. The smallest absolute Gasteiger partial charge is 0.231 e. The van der Waals surface area contributed by atoms with Crippen molar-refractivity contribution in [3.8, 4) is 11.5 Å². The standard InChI is InChI=1S/C20H25N3O3.HI/c1-21-20(23-11-12-24-14-17-5-3-2-4-6-17)22-10-9-16-7-8-18-19(13-16)26-15-25-18;/h2-8,13H,9-12,14-15H2,1H3,(H2,21,22,23);1H. The van der Waals surface area contributed by atoms with Gasteiger partial charge in [0.2, 0.25) is 6.79 Å². The summed E-state index contributed by atoms with van der Waals surface area (Å²) in [5.74, 6) is 2.41. The fourth-order valence-corrected chi connectivity index (χ4v) is 2.65. The summed E-state index contributed by atoms with van der Waals surface area (Å²) >= 11 is 0. The van der Waals surface area contributed by atoms with Gasteiger partial charge in [-0.1, -0.05) is 36.4 Å². The minimum Gasteiger partial charge on any atom is -0.454 e. The Morgan fingerprint density at radius 2 is 1.78 bits per heavy atom. The van der Waals surface area contributed by atoms with E-state index in [1.165, 1.54) is 11.1 Å². The summed E-state index contributed by atoms with van der Waals surface area (Å²) in [4.78, 5) is 4.23. The summed E-state index contributed by atoms with van der Waals surface area (Å²) in [6, 6.07) is 16.2. The van der Waals surface area contributed by atoms with E-state index in [4.69, 9.17) is 14.2 Å². The molecule has 146 valence electrons. The number of nitrogens with zero attached hydrogens (tertiary/aromatic N) is 1. The third-order valence-corrected chi connectivity index (χ3v) is 4.02. The molecule has 1 heterocycles. The summed E-state index contributed by atoms with van der Waals surface area (Å²) in [7, 11) is 1.76. The first-order chi connectivity index (χ1) is 12.8. The van der Waals surface area contributed by atoms with Crippen LogP contribution in [0.3, 0.4) is 0 Å². The lowest BCUT2D eigenvalue weighted by Crippen LogP contribution is -2.39. The Balaban J connectivity index is 0.00000261. The molecule has 0 radical (unpaired) electrons. The van der Waals surface area contributed by atoms with E-state index < -0.39 is 0 Å². The van der Waals surface area contributed by atoms with Gasteiger partial charge in [-0.3, -0.25) is 4.99 Å². The minimum absolute atomic E-state index is 0. The molecule has 2 aromatic rings. The lowest BCUT2D eigenvalue weighted by molar-refractivity contribution is 0.125. The van der Waals surface area contributed by atoms with Gasteiger partial charge in [0.25, 0.3) is 0 Å². The molecule has 0 unspecified atom stereocenters. The molecule has 0 bridgehead atoms. The molecular weight excluding hydrogens is 457 g/mol. The van der Waals surface area contributed by atoms with Gasteiger partial charge in [-0.2, -0.15) is 0 Å². The van der Waals surface area contributed by atoms with Crippen LogP contribution in [-0.2, 0) is 17.8 Å². The third-order valence-electron chi connectivity index (χ3n) is 4.02. The van der Waals surface area contributed by atoms with E-state index in [1.807, 2.05) is 30.3 Å². The van der Waals surface area contributed by atoms with E-state index in [-0.39, 0.29) is 24.0 Å². The molecule has 0 saturated carbocycles. The second-order valence-electron chi connectivity index (χ2n) is 5.90. The van der Waals surface area contributed by atoms with Crippen LogP contribution in [0.1, 0.15) is 11.1 Å². The lowest BCUT2D eigenvalue weighted by atomic mass is 10.1. The maximum absolute atomic E-state index is 5.66. The van der Waals surface area contributed by atoms with Crippen LogP contribution in [0.4, 0.5) is 0 Å². The Hall–Kier alpha value is -2.00. The molecule has 1 aliphatic heterocycles. The van der Waals surface area contributed by atoms with Crippen molar-refractivity contribution in [2.45, 2.75) is 13.0 Å². The molecule has 7 heteroatoms. The first-order valence-electron chi connectivity index (χ1n) is 8.80. The first-order valence-corrected chi connectivity index (χ1v) is 8.80. The Labute approximate surface area is 177 Å². The summed E-state index contributed by atoms with van der Waals surface area (Å²) < 4.78 is 16.4. The monoisotopic (exact) mass is 483 g/mol. The fourth-order valence-electron chi connectivity index (χ4n) is 2.65. The Morgan fingerprint density at radius 1 is 1.00 bits per heavy atom. The average molecular weight is 483 g/mol. The summed E-state index contributed by atoms with van der Waals surface area (Å²) in [6.45, 7) is 3.04. The number of rotatable bonds is 8. The number of guanidine groups is 1. The highest BCUT2D eigenvalue weighted by Gasteiger charge is 2.12. The quantitative estimate of drug-likeness (QED) is 0.262. The predicted octanol–water partition coefficient (Wildman–Crippen LogP) is 2.96. The van der Waals surface area contributed by atoms with Crippen LogP contribution in [0, 0.1) is 0 Å². The highest BCUT2D eigenvalue weighted by molar-refractivity contribution is 14.0. The van der Waals surface area contributed by atoms with Crippen LogP contribution in [0.2, 0.25) is 0 Å². The number of hydrogen-bond donors (Lipinski definition) is 2. The van der Waals surface area contributed by atoms with Crippen molar-refractivity contribution in [1.29, 1.82) is 0 Å². The summed E-state index contributed by atoms with van der Waals surface area (Å²) in [5.41, 5.74) is 2.38. The van der Waals surface area contributed by atoms with Gasteiger partial charge in [0, 0.05) is 20.1 Å². The van der Waals surface area contributed by atoms with Crippen molar-refractivity contribution in [3.63, 3.8) is 0 Å². The number of nitrogens with one attached hydrogen (secondary N) is 2. The van der Waals surface area contributed by atoms with Gasteiger partial charge in [-0.05, 0) is 29.7 Å². The molecule has 0 aliphatic carbocycles. The van der Waals surface area contributed by atoms with Gasteiger partial charge < -0.3 is 24.8 Å². The number of fused-ring (bicyclic) bond motifs is 1. The molecule has 2 N–H and O–H groups in total. The minimum atomic E-state index is 0. The Morgan fingerprint density at radius 3 is 2.59 bits per heavy atom. The number of ether oxygens (including phenoxy) is 3. The van der Waals surface area contributed by atoms with Crippen molar-refractivity contribution in [2.24, 2.45) is 4.99 Å². The maximum atomic E-state index is 5.66. The summed E-state index contributed by atoms with van der Waals surface area (Å²) in [6.07, 6.45) is 0.877. The number of hydrogen-bond acceptors (Lipinski definition) is 4. The molecule has 6 nitrogen and oxygen atoms in total. The van der Waals surface area contributed by atoms with E-state index in [1.54, 1.807) is 7.05 Å². The molecule has 0 amide bonds. The number of halogens is 1. The molecule has 27 heavy (non-hydrogen) atoms. The Bertz CT molecular complexity index is 726. The number of benzene rings is 2. The highest BCUT2D eigenvalue weighted by atomic mass is 127. The van der Waals surface area contributed by atoms with Gasteiger partial charge in [0.05, 0.1) is 13.2 Å². The third kappa shape index (κ3) is 6.91. The topological polar surface area (TPSA) is 64.1 Å². The largest absolute Gasteiger partial charge is 0.454 e. The maximum Gasteiger partial charge on any atom is 0.231 e. The van der Waals surface area contributed by atoms with Gasteiger partial charge in [0.1, 0.15) is 0 Å². The van der Waals surface area contributed by atoms with Crippen molar-refractivity contribution in [3.05, 3.63) is 59.7 Å². The molecule has 0 saturated heterocycles. The van der Waals surface area contributed by atoms with E-state index >= 15 is 0 Å². The first kappa shape index (κ1) is 21.3. The molecule has 1 aliphatic rings. The molecule has 3 rings (SSSR count). The van der Waals surface area contributed by atoms with Crippen molar-refractivity contribution < 1.29 is 14.2 Å². The lowest BCUT2D eigenvalue weighted by Gasteiger charge is -2.12. The molecule has 0 spiro atoms. The normalized spacial score (nSPS) is 12.4. The second kappa shape index (κ2) is 11.7. The second-order valence-corrected chi connectivity index (χ2v) is 5.90. The van der Waals surface area contributed by atoms with Crippen molar-refractivity contribution >= 4 is 29.9 Å². The van der Waals surface area contributed by atoms with E-state index in [9.17, 15) is 0 Å². The van der Waals surface area contributed by atoms with E-state index in [0.717, 1.165) is 30.4 Å².